The van der Waals surface area contributed by atoms with Crippen LogP contribution in [0.5, 0.6) is 5.75 Å². The molecule has 0 saturated heterocycles. The van der Waals surface area contributed by atoms with Crippen LogP contribution in [0.2, 0.25) is 0 Å². The number of anilines is 1. The summed E-state index contributed by atoms with van der Waals surface area (Å²) in [5.74, 6) is -1.77. The zero-order valence-electron chi connectivity index (χ0n) is 17.6. The molecule has 0 unspecified atom stereocenters. The lowest BCUT2D eigenvalue weighted by Crippen LogP contribution is -2.17. The fourth-order valence-electron chi connectivity index (χ4n) is 3.36. The summed E-state index contributed by atoms with van der Waals surface area (Å²) >= 11 is 0. The molecule has 1 N–H and O–H groups in total. The van der Waals surface area contributed by atoms with Crippen molar-refractivity contribution in [2.45, 2.75) is 13.1 Å². The number of rotatable bonds is 5. The topological polar surface area (TPSA) is 125 Å². The minimum atomic E-state index is -4.78. The first-order valence-corrected chi connectivity index (χ1v) is 9.61. The Morgan fingerprint density at radius 1 is 1.18 bits per heavy atom. The van der Waals surface area contributed by atoms with E-state index in [0.717, 1.165) is 17.0 Å². The van der Waals surface area contributed by atoms with E-state index in [1.165, 1.54) is 50.4 Å². The minimum absolute atomic E-state index is 0.0481. The molecule has 4 aromatic rings. The van der Waals surface area contributed by atoms with E-state index in [9.17, 15) is 28.1 Å². The molecule has 0 radical (unpaired) electrons. The van der Waals surface area contributed by atoms with Crippen molar-refractivity contribution in [2.75, 3.05) is 12.4 Å². The summed E-state index contributed by atoms with van der Waals surface area (Å²) in [7, 11) is 1.39. The summed E-state index contributed by atoms with van der Waals surface area (Å²) in [6.45, 7) is 1.43. The Hall–Kier alpha value is -4.55. The molecule has 34 heavy (non-hydrogen) atoms. The molecule has 0 saturated carbocycles. The molecule has 2 aromatic carbocycles. The van der Waals surface area contributed by atoms with Gasteiger partial charge in [-0.2, -0.15) is 13.2 Å². The molecule has 4 rings (SSSR count). The van der Waals surface area contributed by atoms with E-state index in [-0.39, 0.29) is 39.5 Å². The molecule has 1 amide bonds. The van der Waals surface area contributed by atoms with Gasteiger partial charge in [-0.3, -0.25) is 19.5 Å². The van der Waals surface area contributed by atoms with Crippen molar-refractivity contribution in [1.82, 2.24) is 19.5 Å². The minimum Gasteiger partial charge on any atom is -0.497 e. The molecule has 0 aliphatic heterocycles. The average Bonchev–Trinajstić information content (AvgIpc) is 3.18. The molecular formula is C21H15F3N6O4. The first-order chi connectivity index (χ1) is 16.1. The van der Waals surface area contributed by atoms with Gasteiger partial charge in [-0.15, -0.1) is 0 Å². The van der Waals surface area contributed by atoms with Gasteiger partial charge in [-0.1, -0.05) is 6.07 Å². The van der Waals surface area contributed by atoms with Crippen LogP contribution in [-0.2, 0) is 6.18 Å². The number of hydrogen-bond donors (Lipinski definition) is 1. The molecule has 10 nitrogen and oxygen atoms in total. The molecule has 0 fully saturated rings. The lowest BCUT2D eigenvalue weighted by molar-refractivity contribution is -0.385. The van der Waals surface area contributed by atoms with Gasteiger partial charge in [-0.05, 0) is 25.1 Å². The molecule has 2 heterocycles. The van der Waals surface area contributed by atoms with Gasteiger partial charge < -0.3 is 10.1 Å². The number of nitrogens with zero attached hydrogens (tertiary/aromatic N) is 5. The highest BCUT2D eigenvalue weighted by Crippen LogP contribution is 2.34. The highest BCUT2D eigenvalue weighted by atomic mass is 19.4. The average molecular weight is 472 g/mol. The second-order valence-corrected chi connectivity index (χ2v) is 7.04. The van der Waals surface area contributed by atoms with Crippen LogP contribution in [0.3, 0.4) is 0 Å². The van der Waals surface area contributed by atoms with E-state index in [1.807, 2.05) is 0 Å². The van der Waals surface area contributed by atoms with Gasteiger partial charge in [0.1, 0.15) is 5.75 Å². The van der Waals surface area contributed by atoms with E-state index in [1.54, 1.807) is 0 Å². The normalized spacial score (nSPS) is 11.4. The first kappa shape index (κ1) is 22.6. The van der Waals surface area contributed by atoms with Crippen LogP contribution in [-0.4, -0.2) is 37.5 Å². The number of hydrogen-bond acceptors (Lipinski definition) is 7. The van der Waals surface area contributed by atoms with Gasteiger partial charge in [0.2, 0.25) is 5.82 Å². The largest absolute Gasteiger partial charge is 0.497 e. The Kier molecular flexibility index (Phi) is 5.61. The number of carbonyl (C=O) groups is 1. The number of aromatic nitrogens is 4. The smallest absolute Gasteiger partial charge is 0.450 e. The number of alkyl halides is 3. The predicted molar refractivity (Wildman–Crippen MR) is 114 cm³/mol. The SMILES string of the molecule is COc1ccc2c(c1)nc(C(F)(F)F)n2-c1cnc(NC(=O)c2cccc([N+](=O)[O-])c2C)cn1. The predicted octanol–water partition coefficient (Wildman–Crippen LogP) is 4.31. The zero-order chi connectivity index (χ0) is 24.6. The van der Waals surface area contributed by atoms with Gasteiger partial charge >= 0.3 is 6.18 Å². The number of halogens is 3. The number of nitrogens with one attached hydrogen (secondary N) is 1. The first-order valence-electron chi connectivity index (χ1n) is 9.61. The van der Waals surface area contributed by atoms with Crippen molar-refractivity contribution in [3.63, 3.8) is 0 Å². The van der Waals surface area contributed by atoms with Crippen LogP contribution in [0.25, 0.3) is 16.9 Å². The third-order valence-electron chi connectivity index (χ3n) is 4.97. The number of nitro groups is 1. The second-order valence-electron chi connectivity index (χ2n) is 7.04. The number of benzene rings is 2. The molecule has 0 aliphatic carbocycles. The standard InChI is InChI=1S/C21H15F3N6O4/c1-11-13(4-3-5-15(11)30(32)33)19(31)28-17-9-26-18(10-25-17)29-16-7-6-12(34-2)8-14(16)27-20(29)21(22,23)24/h3-10H,1-2H3,(H,25,28,31). The number of ether oxygens (including phenoxy) is 1. The van der Waals surface area contributed by atoms with E-state index >= 15 is 0 Å². The Morgan fingerprint density at radius 2 is 1.94 bits per heavy atom. The number of fused-ring (bicyclic) bond motifs is 1. The van der Waals surface area contributed by atoms with Crippen molar-refractivity contribution in [3.8, 4) is 11.6 Å². The quantitative estimate of drug-likeness (QED) is 0.339. The molecule has 0 bridgehead atoms. The fourth-order valence-corrected chi connectivity index (χ4v) is 3.36. The Balaban J connectivity index is 1.68. The van der Waals surface area contributed by atoms with Gasteiger partial charge in [0, 0.05) is 23.3 Å². The Morgan fingerprint density at radius 3 is 2.56 bits per heavy atom. The van der Waals surface area contributed by atoms with Gasteiger partial charge in [0.15, 0.2) is 11.6 Å². The molecular weight excluding hydrogens is 457 g/mol. The second kappa shape index (κ2) is 8.42. The molecule has 174 valence electrons. The molecule has 0 aliphatic rings. The van der Waals surface area contributed by atoms with E-state index < -0.39 is 22.8 Å². The number of amides is 1. The van der Waals surface area contributed by atoms with Crippen LogP contribution in [0.4, 0.5) is 24.7 Å². The van der Waals surface area contributed by atoms with Gasteiger partial charge in [0.25, 0.3) is 11.6 Å². The maximum atomic E-state index is 13.7. The summed E-state index contributed by atoms with van der Waals surface area (Å²) in [4.78, 5) is 34.7. The Labute approximate surface area is 189 Å². The monoisotopic (exact) mass is 472 g/mol. The lowest BCUT2D eigenvalue weighted by atomic mass is 10.1. The van der Waals surface area contributed by atoms with E-state index in [0.29, 0.717) is 5.75 Å². The summed E-state index contributed by atoms with van der Waals surface area (Å²) in [6.07, 6.45) is -2.65. The number of methoxy groups -OCH3 is 1. The third-order valence-corrected chi connectivity index (χ3v) is 4.97. The van der Waals surface area contributed by atoms with Crippen molar-refractivity contribution < 1.29 is 27.6 Å². The summed E-state index contributed by atoms with van der Waals surface area (Å²) < 4.78 is 46.8. The lowest BCUT2D eigenvalue weighted by Gasteiger charge is -2.11. The highest BCUT2D eigenvalue weighted by Gasteiger charge is 2.38. The van der Waals surface area contributed by atoms with E-state index in [2.05, 4.69) is 20.3 Å². The van der Waals surface area contributed by atoms with Crippen LogP contribution in [0, 0.1) is 17.0 Å². The van der Waals surface area contributed by atoms with Crippen molar-refractivity contribution in [3.05, 3.63) is 75.9 Å². The van der Waals surface area contributed by atoms with Crippen molar-refractivity contribution >= 4 is 28.4 Å². The van der Waals surface area contributed by atoms with Crippen LogP contribution in [0.15, 0.2) is 48.8 Å². The van der Waals surface area contributed by atoms with Crippen LogP contribution >= 0.6 is 0 Å². The molecule has 13 heteroatoms. The molecule has 0 spiro atoms. The zero-order valence-corrected chi connectivity index (χ0v) is 17.6. The highest BCUT2D eigenvalue weighted by molar-refractivity contribution is 6.05. The summed E-state index contributed by atoms with van der Waals surface area (Å²) in [5.41, 5.74) is 0.162. The maximum Gasteiger partial charge on any atom is 0.450 e. The van der Waals surface area contributed by atoms with Crippen LogP contribution in [0.1, 0.15) is 21.7 Å². The maximum absolute atomic E-state index is 13.7. The number of imidazole rings is 1. The van der Waals surface area contributed by atoms with Crippen molar-refractivity contribution in [2.24, 2.45) is 0 Å². The van der Waals surface area contributed by atoms with Gasteiger partial charge in [0.05, 0.1) is 35.5 Å². The Bertz CT molecular complexity index is 1420. The fraction of sp³-hybridized carbons (Fsp3) is 0.143. The van der Waals surface area contributed by atoms with Crippen LogP contribution < -0.4 is 10.1 Å². The molecule has 0 atom stereocenters. The summed E-state index contributed by atoms with van der Waals surface area (Å²) in [6, 6.07) is 8.31. The van der Waals surface area contributed by atoms with E-state index in [4.69, 9.17) is 4.74 Å². The van der Waals surface area contributed by atoms with Crippen molar-refractivity contribution in [1.29, 1.82) is 0 Å². The molecule has 2 aromatic heterocycles. The number of nitro benzene ring substituents is 1. The number of carbonyl (C=O) groups excluding carboxylic acids is 1. The summed E-state index contributed by atoms with van der Waals surface area (Å²) in [5, 5.41) is 13.5. The van der Waals surface area contributed by atoms with Gasteiger partial charge in [-0.25, -0.2) is 15.0 Å². The third kappa shape index (κ3) is 4.10.